The van der Waals surface area contributed by atoms with Crippen molar-refractivity contribution in [2.45, 2.75) is 74.7 Å². The maximum atomic E-state index is 2.43. The fraction of sp³-hybridized carbons (Fsp3) is 0.875. The summed E-state index contributed by atoms with van der Waals surface area (Å²) in [5.41, 5.74) is 3.65. The molecule has 0 saturated carbocycles. The van der Waals surface area contributed by atoms with Crippen molar-refractivity contribution in [3.63, 3.8) is 0 Å². The summed E-state index contributed by atoms with van der Waals surface area (Å²) in [6.45, 7) is 18.8. The van der Waals surface area contributed by atoms with E-state index in [0.29, 0.717) is 5.41 Å². The van der Waals surface area contributed by atoms with E-state index in [4.69, 9.17) is 0 Å². The highest BCUT2D eigenvalue weighted by atomic mass is 14.4. The van der Waals surface area contributed by atoms with Crippen molar-refractivity contribution in [3.05, 3.63) is 11.1 Å². The van der Waals surface area contributed by atoms with Gasteiger partial charge in [-0.2, -0.15) is 0 Å². The SMILES string of the molecule is CCCC(C)(C)C(C)C(C)C(CC)=C(C)C. The molecule has 0 amide bonds. The van der Waals surface area contributed by atoms with Crippen molar-refractivity contribution >= 4 is 0 Å². The van der Waals surface area contributed by atoms with Gasteiger partial charge in [0.15, 0.2) is 0 Å². The normalized spacial score (nSPS) is 15.8. The van der Waals surface area contributed by atoms with E-state index in [0.717, 1.165) is 11.8 Å². The van der Waals surface area contributed by atoms with Crippen molar-refractivity contribution in [2.24, 2.45) is 17.3 Å². The summed E-state index contributed by atoms with van der Waals surface area (Å²) < 4.78 is 0. The second-order valence-electron chi connectivity index (χ2n) is 6.19. The Morgan fingerprint density at radius 3 is 1.88 bits per heavy atom. The van der Waals surface area contributed by atoms with Gasteiger partial charge < -0.3 is 0 Å². The molecule has 0 N–H and O–H groups in total. The molecule has 0 aliphatic rings. The minimum absolute atomic E-state index is 0.462. The zero-order valence-electron chi connectivity index (χ0n) is 12.8. The van der Waals surface area contributed by atoms with Crippen molar-refractivity contribution in [2.75, 3.05) is 0 Å². The minimum Gasteiger partial charge on any atom is -0.0770 e. The molecule has 0 bridgehead atoms. The van der Waals surface area contributed by atoms with Crippen LogP contribution >= 0.6 is 0 Å². The first kappa shape index (κ1) is 15.7. The van der Waals surface area contributed by atoms with Crippen LogP contribution in [0.2, 0.25) is 0 Å². The zero-order chi connectivity index (χ0) is 12.9. The molecule has 0 spiro atoms. The Kier molecular flexibility index (Phi) is 6.36. The van der Waals surface area contributed by atoms with Gasteiger partial charge in [0, 0.05) is 0 Å². The zero-order valence-corrected chi connectivity index (χ0v) is 12.8. The summed E-state index contributed by atoms with van der Waals surface area (Å²) in [4.78, 5) is 0. The van der Waals surface area contributed by atoms with E-state index in [1.807, 2.05) is 0 Å². The third-order valence-corrected chi connectivity index (χ3v) is 4.45. The summed E-state index contributed by atoms with van der Waals surface area (Å²) in [5, 5.41) is 0. The van der Waals surface area contributed by atoms with Gasteiger partial charge in [-0.05, 0) is 43.9 Å². The van der Waals surface area contributed by atoms with Gasteiger partial charge in [-0.1, -0.05) is 59.1 Å². The molecular weight excluding hydrogens is 192 g/mol. The molecule has 2 atom stereocenters. The molecule has 0 aliphatic carbocycles. The average molecular weight is 224 g/mol. The highest BCUT2D eigenvalue weighted by Crippen LogP contribution is 2.40. The Bertz CT molecular complexity index is 228. The van der Waals surface area contributed by atoms with Crippen LogP contribution in [-0.2, 0) is 0 Å². The van der Waals surface area contributed by atoms with Crippen LogP contribution in [0.4, 0.5) is 0 Å². The van der Waals surface area contributed by atoms with Crippen LogP contribution < -0.4 is 0 Å². The summed E-state index contributed by atoms with van der Waals surface area (Å²) >= 11 is 0. The molecule has 0 aromatic carbocycles. The highest BCUT2D eigenvalue weighted by Gasteiger charge is 2.30. The van der Waals surface area contributed by atoms with Gasteiger partial charge in [0.2, 0.25) is 0 Å². The summed E-state index contributed by atoms with van der Waals surface area (Å²) in [6.07, 6.45) is 3.83. The Labute approximate surface area is 104 Å². The molecular formula is C16H32. The fourth-order valence-electron chi connectivity index (χ4n) is 2.98. The average Bonchev–Trinajstić information content (AvgIpc) is 2.16. The van der Waals surface area contributed by atoms with E-state index in [-0.39, 0.29) is 0 Å². The number of hydrogen-bond acceptors (Lipinski definition) is 0. The predicted molar refractivity (Wildman–Crippen MR) is 75.7 cm³/mol. The van der Waals surface area contributed by atoms with E-state index in [9.17, 15) is 0 Å². The van der Waals surface area contributed by atoms with Gasteiger partial charge in [0.05, 0.1) is 0 Å². The van der Waals surface area contributed by atoms with Crippen LogP contribution in [0.1, 0.15) is 74.7 Å². The Hall–Kier alpha value is -0.260. The van der Waals surface area contributed by atoms with Gasteiger partial charge >= 0.3 is 0 Å². The lowest BCUT2D eigenvalue weighted by molar-refractivity contribution is 0.165. The van der Waals surface area contributed by atoms with Crippen LogP contribution in [0, 0.1) is 17.3 Å². The monoisotopic (exact) mass is 224 g/mol. The molecule has 0 heteroatoms. The van der Waals surface area contributed by atoms with Crippen molar-refractivity contribution < 1.29 is 0 Å². The quantitative estimate of drug-likeness (QED) is 0.498. The van der Waals surface area contributed by atoms with Gasteiger partial charge in [-0.15, -0.1) is 0 Å². The maximum absolute atomic E-state index is 2.43. The lowest BCUT2D eigenvalue weighted by Crippen LogP contribution is -2.28. The van der Waals surface area contributed by atoms with E-state index >= 15 is 0 Å². The second kappa shape index (κ2) is 6.47. The van der Waals surface area contributed by atoms with E-state index < -0.39 is 0 Å². The highest BCUT2D eigenvalue weighted by molar-refractivity contribution is 5.14. The second-order valence-corrected chi connectivity index (χ2v) is 6.19. The van der Waals surface area contributed by atoms with Crippen LogP contribution in [0.5, 0.6) is 0 Å². The molecule has 0 heterocycles. The molecule has 16 heavy (non-hydrogen) atoms. The Morgan fingerprint density at radius 1 is 1.06 bits per heavy atom. The van der Waals surface area contributed by atoms with E-state index in [1.165, 1.54) is 24.8 Å². The van der Waals surface area contributed by atoms with Crippen molar-refractivity contribution in [3.8, 4) is 0 Å². The maximum Gasteiger partial charge on any atom is -0.0198 e. The molecule has 2 unspecified atom stereocenters. The molecule has 0 saturated heterocycles. The minimum atomic E-state index is 0.462. The number of hydrogen-bond donors (Lipinski definition) is 0. The molecule has 0 rings (SSSR count). The largest absolute Gasteiger partial charge is 0.0770 e. The van der Waals surface area contributed by atoms with Gasteiger partial charge in [-0.3, -0.25) is 0 Å². The molecule has 0 aromatic heterocycles. The standard InChI is InChI=1S/C16H32/c1-9-11-16(7,8)14(6)13(5)15(10-2)12(3)4/h13-14H,9-11H2,1-8H3. The van der Waals surface area contributed by atoms with Gasteiger partial charge in [-0.25, -0.2) is 0 Å². The summed E-state index contributed by atoms with van der Waals surface area (Å²) in [7, 11) is 0. The number of rotatable bonds is 6. The lowest BCUT2D eigenvalue weighted by atomic mass is 9.68. The smallest absolute Gasteiger partial charge is 0.0198 e. The molecule has 0 nitrogen and oxygen atoms in total. The Morgan fingerprint density at radius 2 is 1.56 bits per heavy atom. The van der Waals surface area contributed by atoms with Crippen LogP contribution in [-0.4, -0.2) is 0 Å². The Balaban J connectivity index is 4.85. The topological polar surface area (TPSA) is 0 Å². The number of allylic oxidation sites excluding steroid dienone is 2. The third-order valence-electron chi connectivity index (χ3n) is 4.45. The predicted octanol–water partition coefficient (Wildman–Crippen LogP) is 5.83. The fourth-order valence-corrected chi connectivity index (χ4v) is 2.98. The molecule has 96 valence electrons. The van der Waals surface area contributed by atoms with Gasteiger partial charge in [0.25, 0.3) is 0 Å². The van der Waals surface area contributed by atoms with E-state index in [2.05, 4.69) is 55.4 Å². The lowest BCUT2D eigenvalue weighted by Gasteiger charge is -2.37. The van der Waals surface area contributed by atoms with Crippen molar-refractivity contribution in [1.82, 2.24) is 0 Å². The van der Waals surface area contributed by atoms with Crippen LogP contribution in [0.25, 0.3) is 0 Å². The molecule has 0 aromatic rings. The van der Waals surface area contributed by atoms with Crippen molar-refractivity contribution in [1.29, 1.82) is 0 Å². The molecule has 0 aliphatic heterocycles. The van der Waals surface area contributed by atoms with Crippen LogP contribution in [0.3, 0.4) is 0 Å². The first-order valence-electron chi connectivity index (χ1n) is 6.94. The summed E-state index contributed by atoms with van der Waals surface area (Å²) in [6, 6.07) is 0. The first-order valence-corrected chi connectivity index (χ1v) is 6.94. The molecule has 0 radical (unpaired) electrons. The summed E-state index contributed by atoms with van der Waals surface area (Å²) in [5.74, 6) is 1.48. The van der Waals surface area contributed by atoms with Crippen LogP contribution in [0.15, 0.2) is 11.1 Å². The van der Waals surface area contributed by atoms with Gasteiger partial charge in [0.1, 0.15) is 0 Å². The first-order chi connectivity index (χ1) is 7.27. The molecule has 0 fully saturated rings. The van der Waals surface area contributed by atoms with E-state index in [1.54, 1.807) is 5.57 Å². The third kappa shape index (κ3) is 3.96.